The molecule has 0 radical (unpaired) electrons. The van der Waals surface area contributed by atoms with Crippen molar-refractivity contribution < 1.29 is 0 Å². The molecule has 0 aromatic carbocycles. The molecule has 0 aromatic rings. The first-order valence-corrected chi connectivity index (χ1v) is 4.54. The minimum Gasteiger partial charge on any atom is -0.310 e. The minimum absolute atomic E-state index is 0.583. The van der Waals surface area contributed by atoms with Gasteiger partial charge < -0.3 is 5.32 Å². The van der Waals surface area contributed by atoms with Crippen molar-refractivity contribution in [2.75, 3.05) is 6.54 Å². The lowest BCUT2D eigenvalue weighted by Gasteiger charge is -2.50. The Kier molecular flexibility index (Phi) is 1.31. The lowest BCUT2D eigenvalue weighted by molar-refractivity contribution is 0.0838. The highest BCUT2D eigenvalue weighted by molar-refractivity contribution is 5.09. The molecule has 1 heteroatoms. The van der Waals surface area contributed by atoms with Crippen molar-refractivity contribution in [3.63, 3.8) is 0 Å². The van der Waals surface area contributed by atoms with Gasteiger partial charge in [0.25, 0.3) is 0 Å². The van der Waals surface area contributed by atoms with Crippen LogP contribution in [-0.4, -0.2) is 12.1 Å². The van der Waals surface area contributed by atoms with Gasteiger partial charge in [0.05, 0.1) is 0 Å². The van der Waals surface area contributed by atoms with Crippen LogP contribution in [0.2, 0.25) is 0 Å². The summed E-state index contributed by atoms with van der Waals surface area (Å²) < 4.78 is 0. The van der Waals surface area contributed by atoms with E-state index in [0.29, 0.717) is 5.54 Å². The standard InChI is InChI=1S/C9H17N/c1-3-9(8-4-5-8)7(2)6-10-9/h7-8,10H,3-6H2,1-2H3. The van der Waals surface area contributed by atoms with Crippen LogP contribution in [0.5, 0.6) is 0 Å². The Morgan fingerprint density at radius 3 is 2.30 bits per heavy atom. The van der Waals surface area contributed by atoms with Crippen LogP contribution in [0.15, 0.2) is 0 Å². The molecular formula is C9H17N. The zero-order valence-electron chi connectivity index (χ0n) is 6.98. The van der Waals surface area contributed by atoms with Gasteiger partial charge in [-0.25, -0.2) is 0 Å². The van der Waals surface area contributed by atoms with Gasteiger partial charge in [-0.3, -0.25) is 0 Å². The zero-order valence-corrected chi connectivity index (χ0v) is 6.98. The van der Waals surface area contributed by atoms with Gasteiger partial charge >= 0.3 is 0 Å². The molecule has 1 heterocycles. The molecule has 0 aromatic heterocycles. The molecular weight excluding hydrogens is 122 g/mol. The van der Waals surface area contributed by atoms with E-state index in [9.17, 15) is 0 Å². The van der Waals surface area contributed by atoms with Crippen molar-refractivity contribution in [3.05, 3.63) is 0 Å². The summed E-state index contributed by atoms with van der Waals surface area (Å²) in [6.45, 7) is 5.96. The first-order valence-electron chi connectivity index (χ1n) is 4.54. The molecule has 58 valence electrons. The number of hydrogen-bond acceptors (Lipinski definition) is 1. The van der Waals surface area contributed by atoms with Crippen molar-refractivity contribution in [3.8, 4) is 0 Å². The summed E-state index contributed by atoms with van der Waals surface area (Å²) in [5.74, 6) is 1.96. The van der Waals surface area contributed by atoms with E-state index in [0.717, 1.165) is 11.8 Å². The second-order valence-electron chi connectivity index (χ2n) is 3.95. The summed E-state index contributed by atoms with van der Waals surface area (Å²) in [5.41, 5.74) is 0.583. The Morgan fingerprint density at radius 2 is 2.20 bits per heavy atom. The third kappa shape index (κ3) is 0.672. The van der Waals surface area contributed by atoms with Gasteiger partial charge in [-0.15, -0.1) is 0 Å². The highest BCUT2D eigenvalue weighted by Gasteiger charge is 2.52. The molecule has 1 N–H and O–H groups in total. The molecule has 2 fully saturated rings. The van der Waals surface area contributed by atoms with Crippen LogP contribution in [0.25, 0.3) is 0 Å². The summed E-state index contributed by atoms with van der Waals surface area (Å²) in [6, 6.07) is 0. The topological polar surface area (TPSA) is 12.0 Å². The maximum absolute atomic E-state index is 3.62. The van der Waals surface area contributed by atoms with E-state index in [2.05, 4.69) is 19.2 Å². The number of rotatable bonds is 2. The summed E-state index contributed by atoms with van der Waals surface area (Å²) in [6.07, 6.45) is 4.29. The lowest BCUT2D eigenvalue weighted by atomic mass is 9.72. The summed E-state index contributed by atoms with van der Waals surface area (Å²) in [4.78, 5) is 0. The van der Waals surface area contributed by atoms with E-state index in [4.69, 9.17) is 0 Å². The predicted molar refractivity (Wildman–Crippen MR) is 42.9 cm³/mol. The predicted octanol–water partition coefficient (Wildman–Crippen LogP) is 1.78. The van der Waals surface area contributed by atoms with E-state index >= 15 is 0 Å². The van der Waals surface area contributed by atoms with Gasteiger partial charge in [-0.2, -0.15) is 0 Å². The Morgan fingerprint density at radius 1 is 1.50 bits per heavy atom. The van der Waals surface area contributed by atoms with Crippen LogP contribution in [0.4, 0.5) is 0 Å². The van der Waals surface area contributed by atoms with Crippen molar-refractivity contribution in [1.29, 1.82) is 0 Å². The van der Waals surface area contributed by atoms with Crippen LogP contribution in [0.1, 0.15) is 33.1 Å². The van der Waals surface area contributed by atoms with Gasteiger partial charge in [0.2, 0.25) is 0 Å². The largest absolute Gasteiger partial charge is 0.310 e. The smallest absolute Gasteiger partial charge is 0.0244 e. The lowest BCUT2D eigenvalue weighted by Crippen LogP contribution is -2.65. The molecule has 1 nitrogen and oxygen atoms in total. The first-order chi connectivity index (χ1) is 4.79. The Bertz CT molecular complexity index is 132. The second-order valence-corrected chi connectivity index (χ2v) is 3.95. The molecule has 1 saturated heterocycles. The number of hydrogen-bond donors (Lipinski definition) is 1. The van der Waals surface area contributed by atoms with Crippen molar-refractivity contribution in [2.24, 2.45) is 11.8 Å². The van der Waals surface area contributed by atoms with Crippen LogP contribution in [-0.2, 0) is 0 Å². The summed E-state index contributed by atoms with van der Waals surface area (Å²) in [5, 5.41) is 3.62. The van der Waals surface area contributed by atoms with Crippen LogP contribution >= 0.6 is 0 Å². The van der Waals surface area contributed by atoms with Gasteiger partial charge in [0.1, 0.15) is 0 Å². The van der Waals surface area contributed by atoms with Crippen LogP contribution in [0, 0.1) is 11.8 Å². The molecule has 10 heavy (non-hydrogen) atoms. The summed E-state index contributed by atoms with van der Waals surface area (Å²) in [7, 11) is 0. The maximum atomic E-state index is 3.62. The van der Waals surface area contributed by atoms with E-state index in [1.165, 1.54) is 25.8 Å². The molecule has 1 aliphatic heterocycles. The van der Waals surface area contributed by atoms with Crippen LogP contribution in [0.3, 0.4) is 0 Å². The fraction of sp³-hybridized carbons (Fsp3) is 1.00. The molecule has 0 bridgehead atoms. The van der Waals surface area contributed by atoms with E-state index in [-0.39, 0.29) is 0 Å². The molecule has 2 unspecified atom stereocenters. The van der Waals surface area contributed by atoms with Gasteiger partial charge in [0, 0.05) is 5.54 Å². The molecule has 1 aliphatic carbocycles. The third-order valence-electron chi connectivity index (χ3n) is 3.51. The van der Waals surface area contributed by atoms with Crippen molar-refractivity contribution in [2.45, 2.75) is 38.6 Å². The van der Waals surface area contributed by atoms with E-state index in [1.54, 1.807) is 0 Å². The normalized spacial score (nSPS) is 46.8. The molecule has 2 atom stereocenters. The summed E-state index contributed by atoms with van der Waals surface area (Å²) >= 11 is 0. The molecule has 1 saturated carbocycles. The van der Waals surface area contributed by atoms with E-state index < -0.39 is 0 Å². The fourth-order valence-electron chi connectivity index (χ4n) is 2.48. The van der Waals surface area contributed by atoms with Crippen molar-refractivity contribution >= 4 is 0 Å². The molecule has 0 amide bonds. The monoisotopic (exact) mass is 139 g/mol. The molecule has 2 rings (SSSR count). The quantitative estimate of drug-likeness (QED) is 0.615. The average Bonchev–Trinajstić information content (AvgIpc) is 2.71. The maximum Gasteiger partial charge on any atom is 0.0244 e. The number of nitrogens with one attached hydrogen (secondary N) is 1. The van der Waals surface area contributed by atoms with E-state index in [1.807, 2.05) is 0 Å². The fourth-order valence-corrected chi connectivity index (χ4v) is 2.48. The Balaban J connectivity index is 2.06. The Labute approximate surface area is 63.2 Å². The van der Waals surface area contributed by atoms with Crippen molar-refractivity contribution in [1.82, 2.24) is 5.32 Å². The zero-order chi connectivity index (χ0) is 7.19. The Hall–Kier alpha value is -0.0400. The highest BCUT2D eigenvalue weighted by Crippen LogP contribution is 2.48. The second kappa shape index (κ2) is 1.97. The van der Waals surface area contributed by atoms with Gasteiger partial charge in [-0.1, -0.05) is 13.8 Å². The van der Waals surface area contributed by atoms with Crippen LogP contribution < -0.4 is 5.32 Å². The van der Waals surface area contributed by atoms with Gasteiger partial charge in [-0.05, 0) is 37.6 Å². The average molecular weight is 139 g/mol. The molecule has 2 aliphatic rings. The van der Waals surface area contributed by atoms with Gasteiger partial charge in [0.15, 0.2) is 0 Å². The first kappa shape index (κ1) is 6.66. The molecule has 0 spiro atoms. The SMILES string of the molecule is CCC1(C2CC2)NCC1C. The highest BCUT2D eigenvalue weighted by atomic mass is 15.1. The third-order valence-corrected chi connectivity index (χ3v) is 3.51. The minimum atomic E-state index is 0.583.